The molecule has 0 amide bonds. The summed E-state index contributed by atoms with van der Waals surface area (Å²) in [4.78, 5) is 11.2. The highest BCUT2D eigenvalue weighted by Crippen LogP contribution is 2.22. The number of hydrogen-bond acceptors (Lipinski definition) is 3. The van der Waals surface area contributed by atoms with Gasteiger partial charge < -0.3 is 10.00 Å². The molecule has 1 unspecified atom stereocenters. The lowest BCUT2D eigenvalue weighted by Gasteiger charge is -2.08. The van der Waals surface area contributed by atoms with Gasteiger partial charge >= 0.3 is 8.03 Å². The van der Waals surface area contributed by atoms with Crippen molar-refractivity contribution in [3.8, 4) is 5.75 Å². The Bertz CT molecular complexity index is 667. The molecule has 2 rings (SSSR count). The first kappa shape index (κ1) is 17.7. The molecule has 0 saturated carbocycles. The van der Waals surface area contributed by atoms with Crippen LogP contribution in [-0.2, 0) is 23.8 Å². The molecular formula is C19H23O3P. The maximum atomic E-state index is 11.2. The zero-order valence-corrected chi connectivity index (χ0v) is 14.4. The van der Waals surface area contributed by atoms with Gasteiger partial charge in [0.25, 0.3) is 0 Å². The Kier molecular flexibility index (Phi) is 6.76. The van der Waals surface area contributed by atoms with Gasteiger partial charge in [0.1, 0.15) is 5.75 Å². The average molecular weight is 330 g/mol. The summed E-state index contributed by atoms with van der Waals surface area (Å²) in [5, 5.41) is 10.3. The lowest BCUT2D eigenvalue weighted by atomic mass is 9.99. The van der Waals surface area contributed by atoms with Crippen LogP contribution >= 0.6 is 8.03 Å². The van der Waals surface area contributed by atoms with E-state index in [0.29, 0.717) is 11.1 Å². The van der Waals surface area contributed by atoms with Crippen LogP contribution in [0.3, 0.4) is 0 Å². The number of phenols is 1. The van der Waals surface area contributed by atoms with Crippen molar-refractivity contribution < 1.29 is 14.6 Å². The van der Waals surface area contributed by atoms with Gasteiger partial charge in [-0.15, -0.1) is 0 Å². The number of phenolic OH excluding ortho intramolecular Hbond substituents is 1. The van der Waals surface area contributed by atoms with Crippen LogP contribution in [0.2, 0.25) is 0 Å². The molecule has 0 spiro atoms. The molecule has 0 bridgehead atoms. The molecule has 2 aromatic rings. The predicted octanol–water partition coefficient (Wildman–Crippen LogP) is 3.64. The predicted molar refractivity (Wildman–Crippen MR) is 92.4 cm³/mol. The summed E-state index contributed by atoms with van der Waals surface area (Å²) >= 11 is 0. The fourth-order valence-corrected chi connectivity index (χ4v) is 3.37. The molecule has 1 N–H and O–H groups in total. The molecule has 0 radical (unpaired) electrons. The average Bonchev–Trinajstić information content (AvgIpc) is 2.55. The highest BCUT2D eigenvalue weighted by Gasteiger charge is 2.13. The highest BCUT2D eigenvalue weighted by atomic mass is 31.1. The van der Waals surface area contributed by atoms with Crippen LogP contribution in [-0.4, -0.2) is 5.11 Å². The van der Waals surface area contributed by atoms with Gasteiger partial charge in [-0.05, 0) is 55.4 Å². The van der Waals surface area contributed by atoms with E-state index in [2.05, 4.69) is 13.0 Å². The SMILES string of the molecule is CCCCc1cc(CCCc2ccccc2[P+](=O)[O-])ccc1O. The van der Waals surface area contributed by atoms with Crippen LogP contribution in [0, 0.1) is 0 Å². The van der Waals surface area contributed by atoms with Crippen molar-refractivity contribution >= 4 is 13.3 Å². The van der Waals surface area contributed by atoms with Crippen molar-refractivity contribution in [1.82, 2.24) is 0 Å². The van der Waals surface area contributed by atoms with E-state index in [-0.39, 0.29) is 0 Å². The molecule has 23 heavy (non-hydrogen) atoms. The van der Waals surface area contributed by atoms with E-state index in [1.807, 2.05) is 18.2 Å². The van der Waals surface area contributed by atoms with E-state index in [1.165, 1.54) is 5.56 Å². The molecule has 0 aliphatic heterocycles. The minimum absolute atomic E-state index is 0.371. The number of unbranched alkanes of at least 4 members (excludes halogenated alkanes) is 1. The summed E-state index contributed by atoms with van der Waals surface area (Å²) in [6, 6.07) is 13.0. The Morgan fingerprint density at radius 2 is 1.74 bits per heavy atom. The second kappa shape index (κ2) is 8.81. The Hall–Kier alpha value is -1.70. The highest BCUT2D eigenvalue weighted by molar-refractivity contribution is 7.46. The van der Waals surface area contributed by atoms with Crippen LogP contribution in [0.5, 0.6) is 5.75 Å². The number of benzene rings is 2. The zero-order chi connectivity index (χ0) is 16.7. The lowest BCUT2D eigenvalue weighted by Crippen LogP contribution is -2.10. The van der Waals surface area contributed by atoms with E-state index in [9.17, 15) is 14.6 Å². The fraction of sp³-hybridized carbons (Fsp3) is 0.368. The smallest absolute Gasteiger partial charge is 0.349 e. The van der Waals surface area contributed by atoms with Gasteiger partial charge in [-0.25, -0.2) is 0 Å². The van der Waals surface area contributed by atoms with Gasteiger partial charge in [-0.1, -0.05) is 48.2 Å². The molecule has 0 fully saturated rings. The summed E-state index contributed by atoms with van der Waals surface area (Å²) in [5.41, 5.74) is 3.08. The number of aromatic hydroxyl groups is 1. The Balaban J connectivity index is 1.98. The molecule has 0 aliphatic rings. The van der Waals surface area contributed by atoms with E-state index in [1.54, 1.807) is 18.2 Å². The first-order chi connectivity index (χ1) is 11.1. The van der Waals surface area contributed by atoms with Crippen molar-refractivity contribution in [2.45, 2.75) is 45.4 Å². The van der Waals surface area contributed by atoms with Crippen molar-refractivity contribution in [2.75, 3.05) is 0 Å². The monoisotopic (exact) mass is 330 g/mol. The van der Waals surface area contributed by atoms with E-state index < -0.39 is 8.03 Å². The van der Waals surface area contributed by atoms with Crippen molar-refractivity contribution in [3.05, 3.63) is 59.2 Å². The van der Waals surface area contributed by atoms with E-state index in [4.69, 9.17) is 0 Å². The summed E-state index contributed by atoms with van der Waals surface area (Å²) in [6.45, 7) is 2.14. The summed E-state index contributed by atoms with van der Waals surface area (Å²) in [6.07, 6.45) is 5.58. The van der Waals surface area contributed by atoms with Crippen LogP contribution in [0.25, 0.3) is 0 Å². The van der Waals surface area contributed by atoms with Gasteiger partial charge in [0.2, 0.25) is 0 Å². The molecule has 4 heteroatoms. The minimum atomic E-state index is -2.54. The molecule has 122 valence electrons. The quantitative estimate of drug-likeness (QED) is 0.752. The van der Waals surface area contributed by atoms with Crippen LogP contribution in [0.15, 0.2) is 42.5 Å². The molecule has 2 aromatic carbocycles. The van der Waals surface area contributed by atoms with E-state index in [0.717, 1.165) is 49.7 Å². The van der Waals surface area contributed by atoms with Crippen LogP contribution in [0.4, 0.5) is 0 Å². The number of aryl methyl sites for hydroxylation is 3. The summed E-state index contributed by atoms with van der Waals surface area (Å²) < 4.78 is 11.2. The maximum Gasteiger partial charge on any atom is 0.349 e. The molecule has 1 atom stereocenters. The zero-order valence-electron chi connectivity index (χ0n) is 13.5. The topological polar surface area (TPSA) is 60.4 Å². The third-order valence-corrected chi connectivity index (χ3v) is 4.87. The van der Waals surface area contributed by atoms with E-state index >= 15 is 0 Å². The first-order valence-electron chi connectivity index (χ1n) is 8.15. The molecular weight excluding hydrogens is 307 g/mol. The normalized spacial score (nSPS) is 11.5. The maximum absolute atomic E-state index is 11.2. The van der Waals surface area contributed by atoms with Gasteiger partial charge in [-0.3, -0.25) is 0 Å². The van der Waals surface area contributed by atoms with Gasteiger partial charge in [0.05, 0.1) is 0 Å². The first-order valence-corrected chi connectivity index (χ1v) is 9.32. The van der Waals surface area contributed by atoms with Crippen LogP contribution in [0.1, 0.15) is 42.9 Å². The third-order valence-electron chi connectivity index (χ3n) is 4.04. The second-order valence-electron chi connectivity index (χ2n) is 5.81. The second-order valence-corrected chi connectivity index (χ2v) is 6.80. The van der Waals surface area contributed by atoms with Gasteiger partial charge in [-0.2, -0.15) is 0 Å². The van der Waals surface area contributed by atoms with Crippen molar-refractivity contribution in [3.63, 3.8) is 0 Å². The minimum Gasteiger partial charge on any atom is -0.591 e. The molecule has 0 heterocycles. The summed E-state index contributed by atoms with van der Waals surface area (Å²) in [5.74, 6) is 0.371. The Labute approximate surface area is 138 Å². The Morgan fingerprint density at radius 3 is 2.48 bits per heavy atom. The van der Waals surface area contributed by atoms with Crippen molar-refractivity contribution in [1.29, 1.82) is 0 Å². The number of hydrogen-bond donors (Lipinski definition) is 1. The van der Waals surface area contributed by atoms with Crippen molar-refractivity contribution in [2.24, 2.45) is 0 Å². The molecule has 0 aliphatic carbocycles. The summed E-state index contributed by atoms with van der Waals surface area (Å²) in [7, 11) is -2.54. The van der Waals surface area contributed by atoms with Crippen LogP contribution < -0.4 is 10.2 Å². The molecule has 0 aromatic heterocycles. The molecule has 0 saturated heterocycles. The fourth-order valence-electron chi connectivity index (χ4n) is 2.75. The van der Waals surface area contributed by atoms with Gasteiger partial charge in [0, 0.05) is 5.56 Å². The standard InChI is InChI=1S/C19H23O3P/c1-2-3-8-17-14-15(12-13-18(17)20)7-6-10-16-9-4-5-11-19(16)23(21)22/h4-5,9,11-14,20H,2-3,6-8,10H2,1H3. The molecule has 3 nitrogen and oxygen atoms in total. The lowest BCUT2D eigenvalue weighted by molar-refractivity contribution is -0.160. The number of rotatable bonds is 8. The third kappa shape index (κ3) is 5.16. The largest absolute Gasteiger partial charge is 0.591 e. The Morgan fingerprint density at radius 1 is 1.00 bits per heavy atom. The van der Waals surface area contributed by atoms with Gasteiger partial charge in [0.15, 0.2) is 5.30 Å².